The van der Waals surface area contributed by atoms with Crippen molar-refractivity contribution in [3.05, 3.63) is 0 Å². The summed E-state index contributed by atoms with van der Waals surface area (Å²) in [4.78, 5) is 21.7. The second kappa shape index (κ2) is 7.20. The van der Waals surface area contributed by atoms with Crippen LogP contribution in [0.25, 0.3) is 0 Å². The number of urea groups is 1. The lowest BCUT2D eigenvalue weighted by atomic mass is 9.98. The Morgan fingerprint density at radius 1 is 1.33 bits per heavy atom. The third-order valence-electron chi connectivity index (χ3n) is 3.55. The van der Waals surface area contributed by atoms with Crippen LogP contribution < -0.4 is 10.6 Å². The first-order valence-corrected chi connectivity index (χ1v) is 6.43. The van der Waals surface area contributed by atoms with Crippen molar-refractivity contribution in [2.24, 2.45) is 11.8 Å². The molecule has 0 aliphatic heterocycles. The molecule has 2 unspecified atom stereocenters. The van der Waals surface area contributed by atoms with Crippen LogP contribution in [-0.4, -0.2) is 41.4 Å². The number of rotatable bonds is 6. The summed E-state index contributed by atoms with van der Waals surface area (Å²) in [6.45, 7) is 3.01. The molecular formula is C12H22N2O4. The Morgan fingerprint density at radius 2 is 2.06 bits per heavy atom. The Balaban J connectivity index is 2.08. The van der Waals surface area contributed by atoms with Gasteiger partial charge in [0.15, 0.2) is 6.10 Å². The predicted octanol–water partition coefficient (Wildman–Crippen LogP) is 0.557. The number of carboxylic acids is 1. The molecule has 1 rings (SSSR count). The molecule has 2 amide bonds. The zero-order valence-electron chi connectivity index (χ0n) is 10.7. The van der Waals surface area contributed by atoms with Crippen molar-refractivity contribution in [2.45, 2.75) is 38.7 Å². The van der Waals surface area contributed by atoms with Gasteiger partial charge in [-0.15, -0.1) is 0 Å². The maximum atomic E-state index is 11.4. The zero-order chi connectivity index (χ0) is 13.5. The minimum Gasteiger partial charge on any atom is -0.479 e. The van der Waals surface area contributed by atoms with Crippen LogP contribution in [0, 0.1) is 11.8 Å². The highest BCUT2D eigenvalue weighted by Gasteiger charge is 2.23. The van der Waals surface area contributed by atoms with E-state index >= 15 is 0 Å². The zero-order valence-corrected chi connectivity index (χ0v) is 10.7. The van der Waals surface area contributed by atoms with E-state index in [-0.39, 0.29) is 19.0 Å². The summed E-state index contributed by atoms with van der Waals surface area (Å²) in [6.07, 6.45) is 2.20. The topological polar surface area (TPSA) is 98.7 Å². The molecule has 0 aromatic rings. The molecule has 104 valence electrons. The van der Waals surface area contributed by atoms with Gasteiger partial charge in [0.1, 0.15) is 0 Å². The van der Waals surface area contributed by atoms with Gasteiger partial charge in [0, 0.05) is 19.5 Å². The molecule has 1 aliphatic rings. The maximum absolute atomic E-state index is 11.4. The Morgan fingerprint density at radius 3 is 2.61 bits per heavy atom. The summed E-state index contributed by atoms with van der Waals surface area (Å²) in [5, 5.41) is 22.8. The Hall–Kier alpha value is -1.30. The van der Waals surface area contributed by atoms with Gasteiger partial charge in [0.2, 0.25) is 0 Å². The second-order valence-electron chi connectivity index (χ2n) is 4.95. The minimum absolute atomic E-state index is 0.0165. The molecule has 0 bridgehead atoms. The summed E-state index contributed by atoms with van der Waals surface area (Å²) < 4.78 is 0. The Kier molecular flexibility index (Phi) is 5.91. The lowest BCUT2D eigenvalue weighted by Gasteiger charge is -2.16. The number of carbonyl (C=O) groups excluding carboxylic acids is 1. The molecule has 1 aliphatic carbocycles. The van der Waals surface area contributed by atoms with Crippen LogP contribution in [0.5, 0.6) is 0 Å². The number of aliphatic hydroxyl groups is 1. The number of carboxylic acid groups (broad SMARTS) is 1. The fraction of sp³-hybridized carbons (Fsp3) is 0.833. The molecule has 6 nitrogen and oxygen atoms in total. The first-order valence-electron chi connectivity index (χ1n) is 6.43. The van der Waals surface area contributed by atoms with Crippen LogP contribution in [0.4, 0.5) is 4.79 Å². The van der Waals surface area contributed by atoms with Crippen molar-refractivity contribution in [1.82, 2.24) is 10.6 Å². The van der Waals surface area contributed by atoms with Gasteiger partial charge in [-0.25, -0.2) is 9.59 Å². The predicted molar refractivity (Wildman–Crippen MR) is 66.2 cm³/mol. The van der Waals surface area contributed by atoms with Crippen LogP contribution in [0.1, 0.15) is 32.6 Å². The number of aliphatic hydroxyl groups excluding tert-OH is 1. The standard InChI is InChI=1S/C12H22N2O4/c1-8-3-2-4-9(8)7-14-12(18)13-6-5-10(15)11(16)17/h8-10,15H,2-7H2,1H3,(H,16,17)(H2,13,14,18)/t8?,9?,10-/m0/s1. The molecule has 0 heterocycles. The molecule has 4 N–H and O–H groups in total. The molecule has 1 fully saturated rings. The first kappa shape index (κ1) is 14.8. The van der Waals surface area contributed by atoms with Crippen LogP contribution >= 0.6 is 0 Å². The molecule has 1 saturated carbocycles. The third-order valence-corrected chi connectivity index (χ3v) is 3.55. The van der Waals surface area contributed by atoms with E-state index in [1.165, 1.54) is 12.8 Å². The van der Waals surface area contributed by atoms with E-state index in [0.717, 1.165) is 6.42 Å². The normalized spacial score (nSPS) is 24.6. The average molecular weight is 258 g/mol. The van der Waals surface area contributed by atoms with E-state index in [1.54, 1.807) is 0 Å². The third kappa shape index (κ3) is 4.91. The van der Waals surface area contributed by atoms with Crippen LogP contribution in [0.3, 0.4) is 0 Å². The first-order chi connectivity index (χ1) is 8.50. The molecule has 0 saturated heterocycles. The van der Waals surface area contributed by atoms with Gasteiger partial charge >= 0.3 is 12.0 Å². The quantitative estimate of drug-likeness (QED) is 0.559. The van der Waals surface area contributed by atoms with Crippen LogP contribution in [-0.2, 0) is 4.79 Å². The van der Waals surface area contributed by atoms with E-state index in [4.69, 9.17) is 10.2 Å². The fourth-order valence-corrected chi connectivity index (χ4v) is 2.26. The Bertz CT molecular complexity index is 296. The minimum atomic E-state index is -1.42. The molecule has 0 radical (unpaired) electrons. The number of amides is 2. The smallest absolute Gasteiger partial charge is 0.332 e. The maximum Gasteiger partial charge on any atom is 0.332 e. The molecule has 0 spiro atoms. The largest absolute Gasteiger partial charge is 0.479 e. The summed E-state index contributed by atoms with van der Waals surface area (Å²) in [6, 6.07) is -0.299. The number of hydrogen-bond acceptors (Lipinski definition) is 3. The van der Waals surface area contributed by atoms with Crippen molar-refractivity contribution in [2.75, 3.05) is 13.1 Å². The van der Waals surface area contributed by atoms with Gasteiger partial charge < -0.3 is 20.8 Å². The van der Waals surface area contributed by atoms with E-state index in [9.17, 15) is 9.59 Å². The van der Waals surface area contributed by atoms with Crippen molar-refractivity contribution in [3.8, 4) is 0 Å². The fourth-order valence-electron chi connectivity index (χ4n) is 2.26. The summed E-state index contributed by atoms with van der Waals surface area (Å²) in [7, 11) is 0. The van der Waals surface area contributed by atoms with Crippen LogP contribution in [0.15, 0.2) is 0 Å². The van der Waals surface area contributed by atoms with Gasteiger partial charge in [-0.05, 0) is 18.3 Å². The summed E-state index contributed by atoms with van der Waals surface area (Å²) in [5.74, 6) is -0.0727. The van der Waals surface area contributed by atoms with Gasteiger partial charge in [0.05, 0.1) is 0 Å². The number of hydrogen-bond donors (Lipinski definition) is 4. The van der Waals surface area contributed by atoms with Crippen molar-refractivity contribution >= 4 is 12.0 Å². The highest BCUT2D eigenvalue weighted by molar-refractivity contribution is 5.74. The molecule has 3 atom stereocenters. The molecule has 6 heteroatoms. The van der Waals surface area contributed by atoms with E-state index in [1.807, 2.05) is 0 Å². The molecule has 0 aromatic heterocycles. The monoisotopic (exact) mass is 258 g/mol. The second-order valence-corrected chi connectivity index (χ2v) is 4.95. The van der Waals surface area contributed by atoms with E-state index in [0.29, 0.717) is 18.4 Å². The highest BCUT2D eigenvalue weighted by atomic mass is 16.4. The average Bonchev–Trinajstić information content (AvgIpc) is 2.72. The highest BCUT2D eigenvalue weighted by Crippen LogP contribution is 2.30. The number of carbonyl (C=O) groups is 2. The van der Waals surface area contributed by atoms with E-state index < -0.39 is 12.1 Å². The SMILES string of the molecule is CC1CCCC1CNC(=O)NCC[C@H](O)C(=O)O. The Labute approximate surface area is 107 Å². The molecular weight excluding hydrogens is 236 g/mol. The van der Waals surface area contributed by atoms with E-state index in [2.05, 4.69) is 17.6 Å². The van der Waals surface area contributed by atoms with Gasteiger partial charge in [-0.1, -0.05) is 19.8 Å². The van der Waals surface area contributed by atoms with Crippen molar-refractivity contribution < 1.29 is 19.8 Å². The van der Waals surface area contributed by atoms with Gasteiger partial charge in [-0.3, -0.25) is 0 Å². The van der Waals surface area contributed by atoms with Crippen LogP contribution in [0.2, 0.25) is 0 Å². The lowest BCUT2D eigenvalue weighted by molar-refractivity contribution is -0.146. The number of aliphatic carboxylic acids is 1. The molecule has 0 aromatic carbocycles. The lowest BCUT2D eigenvalue weighted by Crippen LogP contribution is -2.40. The summed E-state index contributed by atoms with van der Waals surface area (Å²) in [5.41, 5.74) is 0. The van der Waals surface area contributed by atoms with Gasteiger partial charge in [-0.2, -0.15) is 0 Å². The van der Waals surface area contributed by atoms with Crippen molar-refractivity contribution in [3.63, 3.8) is 0 Å². The molecule has 18 heavy (non-hydrogen) atoms. The number of nitrogens with one attached hydrogen (secondary N) is 2. The van der Waals surface area contributed by atoms with Crippen molar-refractivity contribution in [1.29, 1.82) is 0 Å². The van der Waals surface area contributed by atoms with Gasteiger partial charge in [0.25, 0.3) is 0 Å². The summed E-state index contributed by atoms with van der Waals surface area (Å²) >= 11 is 0.